The lowest BCUT2D eigenvalue weighted by atomic mass is 10.2. The molecular formula is C16H13ClN2S. The quantitative estimate of drug-likeness (QED) is 0.495. The van der Waals surface area contributed by atoms with Gasteiger partial charge in [-0.1, -0.05) is 59.8 Å². The van der Waals surface area contributed by atoms with Crippen molar-refractivity contribution in [1.29, 1.82) is 0 Å². The average molecular weight is 301 g/mol. The Morgan fingerprint density at radius 3 is 2.60 bits per heavy atom. The van der Waals surface area contributed by atoms with Gasteiger partial charge in [0.2, 0.25) is 0 Å². The molecule has 2 nitrogen and oxygen atoms in total. The molecule has 20 heavy (non-hydrogen) atoms. The molecule has 1 atom stereocenters. The summed E-state index contributed by atoms with van der Waals surface area (Å²) in [5.74, 6) is 0. The van der Waals surface area contributed by atoms with Crippen molar-refractivity contribution in [3.05, 3.63) is 65.4 Å². The van der Waals surface area contributed by atoms with Gasteiger partial charge in [-0.25, -0.2) is 9.97 Å². The van der Waals surface area contributed by atoms with Crippen molar-refractivity contribution in [3.8, 4) is 0 Å². The van der Waals surface area contributed by atoms with E-state index in [1.165, 1.54) is 0 Å². The van der Waals surface area contributed by atoms with E-state index in [0.29, 0.717) is 0 Å². The van der Waals surface area contributed by atoms with Crippen LogP contribution in [0.15, 0.2) is 59.9 Å². The minimum atomic E-state index is 0.238. The van der Waals surface area contributed by atoms with Crippen LogP contribution in [0.2, 0.25) is 5.02 Å². The molecule has 2 aromatic carbocycles. The second kappa shape index (κ2) is 5.81. The van der Waals surface area contributed by atoms with Gasteiger partial charge in [-0.15, -0.1) is 0 Å². The van der Waals surface area contributed by atoms with Crippen LogP contribution in [-0.2, 0) is 0 Å². The lowest BCUT2D eigenvalue weighted by Crippen LogP contribution is -1.92. The fraction of sp³-hybridized carbons (Fsp3) is 0.125. The van der Waals surface area contributed by atoms with E-state index in [-0.39, 0.29) is 5.25 Å². The van der Waals surface area contributed by atoms with Gasteiger partial charge in [-0.05, 0) is 24.6 Å². The summed E-state index contributed by atoms with van der Waals surface area (Å²) in [4.78, 5) is 8.70. The first-order valence-corrected chi connectivity index (χ1v) is 7.62. The number of benzene rings is 2. The summed E-state index contributed by atoms with van der Waals surface area (Å²) in [5.41, 5.74) is 2.10. The fourth-order valence-electron chi connectivity index (χ4n) is 2.11. The third kappa shape index (κ3) is 2.65. The smallest absolute Gasteiger partial charge is 0.117 e. The Morgan fingerprint density at radius 2 is 1.75 bits per heavy atom. The number of fused-ring (bicyclic) bond motifs is 1. The molecule has 100 valence electrons. The van der Waals surface area contributed by atoms with Gasteiger partial charge in [-0.2, -0.15) is 0 Å². The van der Waals surface area contributed by atoms with E-state index in [2.05, 4.69) is 29.0 Å². The molecule has 0 saturated carbocycles. The first-order chi connectivity index (χ1) is 9.75. The monoisotopic (exact) mass is 300 g/mol. The summed E-state index contributed by atoms with van der Waals surface area (Å²) >= 11 is 7.96. The van der Waals surface area contributed by atoms with E-state index in [1.54, 1.807) is 18.1 Å². The van der Waals surface area contributed by atoms with Gasteiger partial charge in [0.25, 0.3) is 0 Å². The third-order valence-corrected chi connectivity index (χ3v) is 4.64. The first kappa shape index (κ1) is 13.4. The maximum atomic E-state index is 6.26. The van der Waals surface area contributed by atoms with Crippen LogP contribution in [0.4, 0.5) is 0 Å². The number of hydrogen-bond donors (Lipinski definition) is 0. The first-order valence-electron chi connectivity index (χ1n) is 6.36. The van der Waals surface area contributed by atoms with Crippen molar-refractivity contribution in [1.82, 2.24) is 9.97 Å². The highest BCUT2D eigenvalue weighted by atomic mass is 35.5. The summed E-state index contributed by atoms with van der Waals surface area (Å²) in [5, 5.41) is 3.11. The van der Waals surface area contributed by atoms with Crippen molar-refractivity contribution < 1.29 is 0 Å². The van der Waals surface area contributed by atoms with Gasteiger partial charge in [-0.3, -0.25) is 0 Å². The number of hydrogen-bond acceptors (Lipinski definition) is 3. The predicted octanol–water partition coefficient (Wildman–Crippen LogP) is 5.14. The van der Waals surface area contributed by atoms with Crippen LogP contribution in [0.25, 0.3) is 10.9 Å². The van der Waals surface area contributed by atoms with Gasteiger partial charge < -0.3 is 0 Å². The van der Waals surface area contributed by atoms with E-state index in [9.17, 15) is 0 Å². The van der Waals surface area contributed by atoms with Crippen LogP contribution in [0, 0.1) is 0 Å². The SMILES string of the molecule is C[C@H](Sc1ncnc2ccccc12)c1ccccc1Cl. The molecule has 0 spiro atoms. The summed E-state index contributed by atoms with van der Waals surface area (Å²) < 4.78 is 0. The highest BCUT2D eigenvalue weighted by Crippen LogP contribution is 2.38. The van der Waals surface area contributed by atoms with E-state index in [0.717, 1.165) is 26.5 Å². The number of thioether (sulfide) groups is 1. The molecule has 3 aromatic rings. The number of nitrogens with zero attached hydrogens (tertiary/aromatic N) is 2. The van der Waals surface area contributed by atoms with Crippen molar-refractivity contribution in [2.75, 3.05) is 0 Å². The molecule has 0 N–H and O–H groups in total. The Balaban J connectivity index is 1.96. The standard InChI is InChI=1S/C16H13ClN2S/c1-11(12-6-2-4-8-14(12)17)20-16-13-7-3-5-9-15(13)18-10-19-16/h2-11H,1H3/t11-/m0/s1. The minimum absolute atomic E-state index is 0.238. The largest absolute Gasteiger partial charge is 0.236 e. The Morgan fingerprint density at radius 1 is 1.00 bits per heavy atom. The van der Waals surface area contributed by atoms with Crippen LogP contribution < -0.4 is 0 Å². The molecule has 0 amide bonds. The zero-order valence-corrected chi connectivity index (χ0v) is 12.5. The Labute approximate surface area is 127 Å². The highest BCUT2D eigenvalue weighted by Gasteiger charge is 2.13. The number of aromatic nitrogens is 2. The Kier molecular flexibility index (Phi) is 3.90. The highest BCUT2D eigenvalue weighted by molar-refractivity contribution is 7.99. The van der Waals surface area contributed by atoms with Crippen molar-refractivity contribution in [3.63, 3.8) is 0 Å². The molecule has 0 aliphatic carbocycles. The number of para-hydroxylation sites is 1. The lowest BCUT2D eigenvalue weighted by molar-refractivity contribution is 1.06. The molecule has 0 radical (unpaired) electrons. The summed E-state index contributed by atoms with van der Waals surface area (Å²) in [6, 6.07) is 16.0. The summed E-state index contributed by atoms with van der Waals surface area (Å²) in [6.07, 6.45) is 1.62. The molecule has 1 heterocycles. The van der Waals surface area contributed by atoms with Crippen LogP contribution in [0.5, 0.6) is 0 Å². The van der Waals surface area contributed by atoms with E-state index in [1.807, 2.05) is 36.4 Å². The third-order valence-electron chi connectivity index (χ3n) is 3.14. The van der Waals surface area contributed by atoms with Crippen LogP contribution >= 0.6 is 23.4 Å². The Hall–Kier alpha value is -1.58. The average Bonchev–Trinajstić information content (AvgIpc) is 2.48. The van der Waals surface area contributed by atoms with Crippen molar-refractivity contribution in [2.24, 2.45) is 0 Å². The number of rotatable bonds is 3. The summed E-state index contributed by atoms with van der Waals surface area (Å²) in [7, 11) is 0. The molecule has 4 heteroatoms. The molecule has 0 aliphatic heterocycles. The van der Waals surface area contributed by atoms with Crippen molar-refractivity contribution >= 4 is 34.3 Å². The van der Waals surface area contributed by atoms with Crippen LogP contribution in [0.3, 0.4) is 0 Å². The topological polar surface area (TPSA) is 25.8 Å². The summed E-state index contributed by atoms with van der Waals surface area (Å²) in [6.45, 7) is 2.14. The van der Waals surface area contributed by atoms with Crippen LogP contribution in [-0.4, -0.2) is 9.97 Å². The maximum absolute atomic E-state index is 6.26. The maximum Gasteiger partial charge on any atom is 0.117 e. The molecule has 0 aliphatic rings. The lowest BCUT2D eigenvalue weighted by Gasteiger charge is -2.13. The molecule has 0 saturated heterocycles. The normalized spacial score (nSPS) is 12.5. The van der Waals surface area contributed by atoms with Gasteiger partial charge in [0.1, 0.15) is 11.4 Å². The van der Waals surface area contributed by atoms with E-state index >= 15 is 0 Å². The predicted molar refractivity (Wildman–Crippen MR) is 85.3 cm³/mol. The second-order valence-corrected chi connectivity index (χ2v) is 6.21. The molecule has 0 unspecified atom stereocenters. The molecular weight excluding hydrogens is 288 g/mol. The molecule has 3 rings (SSSR count). The van der Waals surface area contributed by atoms with Gasteiger partial charge in [0, 0.05) is 15.7 Å². The van der Waals surface area contributed by atoms with E-state index in [4.69, 9.17) is 11.6 Å². The van der Waals surface area contributed by atoms with Crippen molar-refractivity contribution in [2.45, 2.75) is 17.2 Å². The fourth-order valence-corrected chi connectivity index (χ4v) is 3.55. The number of halogens is 1. The van der Waals surface area contributed by atoms with E-state index < -0.39 is 0 Å². The zero-order chi connectivity index (χ0) is 13.9. The molecule has 1 aromatic heterocycles. The second-order valence-electron chi connectivity index (χ2n) is 4.48. The Bertz CT molecular complexity index is 740. The molecule has 0 bridgehead atoms. The minimum Gasteiger partial charge on any atom is -0.236 e. The zero-order valence-electron chi connectivity index (χ0n) is 11.0. The van der Waals surface area contributed by atoms with Gasteiger partial charge in [0.05, 0.1) is 5.52 Å². The molecule has 0 fully saturated rings. The van der Waals surface area contributed by atoms with Gasteiger partial charge in [0.15, 0.2) is 0 Å². The van der Waals surface area contributed by atoms with Crippen LogP contribution in [0.1, 0.15) is 17.7 Å². The van der Waals surface area contributed by atoms with Gasteiger partial charge >= 0.3 is 0 Å².